The number of nitrogens with one attached hydrogen (secondary N) is 1. The van der Waals surface area contributed by atoms with Crippen molar-refractivity contribution in [2.45, 2.75) is 37.3 Å². The van der Waals surface area contributed by atoms with Crippen molar-refractivity contribution >= 4 is 0 Å². The normalized spacial score (nSPS) is 19.3. The number of rotatable bonds is 6. The molecule has 102 valence electrons. The van der Waals surface area contributed by atoms with Crippen LogP contribution in [0, 0.1) is 0 Å². The molecule has 1 aliphatic carbocycles. The highest BCUT2D eigenvalue weighted by atomic mass is 16.5. The number of nitrogens with two attached hydrogens (primary N) is 1. The molecule has 1 unspecified atom stereocenters. The van der Waals surface area contributed by atoms with Gasteiger partial charge < -0.3 is 9.47 Å². The fraction of sp³-hybridized carbons (Fsp3) is 0.750. The van der Waals surface area contributed by atoms with Crippen LogP contribution in [-0.2, 0) is 11.8 Å². The summed E-state index contributed by atoms with van der Waals surface area (Å²) in [6, 6.07) is -0.0206. The summed E-state index contributed by atoms with van der Waals surface area (Å²) in [7, 11) is 5.30. The number of aromatic nitrogens is 2. The summed E-state index contributed by atoms with van der Waals surface area (Å²) in [6.07, 6.45) is 5.92. The molecule has 18 heavy (non-hydrogen) atoms. The maximum Gasteiger partial charge on any atom is 0.161 e. The van der Waals surface area contributed by atoms with Gasteiger partial charge in [-0.1, -0.05) is 0 Å². The highest BCUT2D eigenvalue weighted by Crippen LogP contribution is 2.42. The van der Waals surface area contributed by atoms with Gasteiger partial charge in [0, 0.05) is 14.2 Å². The molecule has 0 aliphatic heterocycles. The molecule has 6 nitrogen and oxygen atoms in total. The van der Waals surface area contributed by atoms with Crippen molar-refractivity contribution in [2.75, 3.05) is 14.2 Å². The molecule has 0 spiro atoms. The van der Waals surface area contributed by atoms with Crippen LogP contribution < -0.4 is 16.0 Å². The van der Waals surface area contributed by atoms with Crippen LogP contribution >= 0.6 is 0 Å². The Balaban J connectivity index is 2.19. The van der Waals surface area contributed by atoms with Crippen molar-refractivity contribution in [3.05, 3.63) is 11.9 Å². The van der Waals surface area contributed by atoms with E-state index in [1.54, 1.807) is 25.1 Å². The Morgan fingerprint density at radius 2 is 2.28 bits per heavy atom. The second kappa shape index (κ2) is 5.26. The zero-order chi connectivity index (χ0) is 13.2. The van der Waals surface area contributed by atoms with E-state index in [4.69, 9.17) is 15.3 Å². The number of hydrogen-bond acceptors (Lipinski definition) is 5. The Morgan fingerprint density at radius 1 is 1.56 bits per heavy atom. The number of hydrogen-bond donors (Lipinski definition) is 2. The molecule has 1 aromatic heterocycles. The zero-order valence-corrected chi connectivity index (χ0v) is 11.3. The lowest BCUT2D eigenvalue weighted by atomic mass is 9.75. The molecule has 0 saturated heterocycles. The molecule has 1 heterocycles. The van der Waals surface area contributed by atoms with Gasteiger partial charge in [-0.2, -0.15) is 5.10 Å². The second-order valence-corrected chi connectivity index (χ2v) is 4.89. The standard InChI is InChI=1S/C12H22N4O2/c1-16-11(10(17-2)8-14-16)9(15-13)7-12(18-3)5-4-6-12/h8-9,15H,4-7,13H2,1-3H3. The van der Waals surface area contributed by atoms with Gasteiger partial charge >= 0.3 is 0 Å². The third kappa shape index (κ3) is 2.23. The maximum absolute atomic E-state index is 5.69. The Labute approximate surface area is 107 Å². The molecule has 0 bridgehead atoms. The van der Waals surface area contributed by atoms with Gasteiger partial charge in [0.2, 0.25) is 0 Å². The van der Waals surface area contributed by atoms with E-state index in [1.807, 2.05) is 7.05 Å². The number of hydrazine groups is 1. The van der Waals surface area contributed by atoms with E-state index in [-0.39, 0.29) is 11.6 Å². The van der Waals surface area contributed by atoms with Crippen LogP contribution in [0.1, 0.15) is 37.4 Å². The second-order valence-electron chi connectivity index (χ2n) is 4.89. The summed E-state index contributed by atoms with van der Waals surface area (Å²) in [6.45, 7) is 0. The quantitative estimate of drug-likeness (QED) is 0.582. The van der Waals surface area contributed by atoms with E-state index >= 15 is 0 Å². The van der Waals surface area contributed by atoms with Gasteiger partial charge in [-0.3, -0.25) is 16.0 Å². The lowest BCUT2D eigenvalue weighted by Gasteiger charge is -2.42. The first kappa shape index (κ1) is 13.3. The Hall–Kier alpha value is -1.11. The van der Waals surface area contributed by atoms with Crippen LogP contribution in [0.4, 0.5) is 0 Å². The minimum Gasteiger partial charge on any atom is -0.493 e. The van der Waals surface area contributed by atoms with Gasteiger partial charge in [-0.05, 0) is 25.7 Å². The zero-order valence-electron chi connectivity index (χ0n) is 11.3. The first-order chi connectivity index (χ1) is 8.65. The third-order valence-electron chi connectivity index (χ3n) is 3.97. The molecule has 1 aliphatic rings. The lowest BCUT2D eigenvalue weighted by molar-refractivity contribution is -0.0843. The number of methoxy groups -OCH3 is 2. The SMILES string of the molecule is COc1cnn(C)c1C(CC1(OC)CCC1)NN. The van der Waals surface area contributed by atoms with Crippen LogP contribution in [0.25, 0.3) is 0 Å². The molecule has 1 aromatic rings. The van der Waals surface area contributed by atoms with E-state index in [1.165, 1.54) is 6.42 Å². The van der Waals surface area contributed by atoms with Crippen LogP contribution in [0.15, 0.2) is 6.20 Å². The number of aryl methyl sites for hydroxylation is 1. The van der Waals surface area contributed by atoms with Crippen LogP contribution in [-0.4, -0.2) is 29.6 Å². The van der Waals surface area contributed by atoms with E-state index < -0.39 is 0 Å². The predicted octanol–water partition coefficient (Wildman–Crippen LogP) is 0.892. The summed E-state index contributed by atoms with van der Waals surface area (Å²) in [5.74, 6) is 6.45. The molecule has 3 N–H and O–H groups in total. The van der Waals surface area contributed by atoms with Gasteiger partial charge in [0.15, 0.2) is 5.75 Å². The summed E-state index contributed by atoms with van der Waals surface area (Å²) < 4.78 is 12.8. The van der Waals surface area contributed by atoms with Crippen LogP contribution in [0.2, 0.25) is 0 Å². The van der Waals surface area contributed by atoms with E-state index in [0.717, 1.165) is 30.7 Å². The summed E-state index contributed by atoms with van der Waals surface area (Å²) in [4.78, 5) is 0. The average molecular weight is 254 g/mol. The molecular formula is C12H22N4O2. The summed E-state index contributed by atoms with van der Waals surface area (Å²) in [5.41, 5.74) is 3.77. The number of nitrogens with zero attached hydrogens (tertiary/aromatic N) is 2. The highest BCUT2D eigenvalue weighted by Gasteiger charge is 2.40. The van der Waals surface area contributed by atoms with Gasteiger partial charge in [0.05, 0.1) is 30.6 Å². The molecule has 0 amide bonds. The summed E-state index contributed by atoms with van der Waals surface area (Å²) >= 11 is 0. The Kier molecular flexibility index (Phi) is 3.89. The molecule has 0 radical (unpaired) electrons. The molecule has 1 saturated carbocycles. The maximum atomic E-state index is 5.69. The van der Waals surface area contributed by atoms with Crippen molar-refractivity contribution < 1.29 is 9.47 Å². The minimum absolute atomic E-state index is 0.0206. The first-order valence-corrected chi connectivity index (χ1v) is 6.23. The van der Waals surface area contributed by atoms with Crippen molar-refractivity contribution in [3.63, 3.8) is 0 Å². The molecular weight excluding hydrogens is 232 g/mol. The van der Waals surface area contributed by atoms with Crippen LogP contribution in [0.5, 0.6) is 5.75 Å². The highest BCUT2D eigenvalue weighted by molar-refractivity contribution is 5.28. The largest absolute Gasteiger partial charge is 0.493 e. The molecule has 0 aromatic carbocycles. The fourth-order valence-corrected chi connectivity index (χ4v) is 2.65. The minimum atomic E-state index is -0.0493. The third-order valence-corrected chi connectivity index (χ3v) is 3.97. The smallest absolute Gasteiger partial charge is 0.161 e. The van der Waals surface area contributed by atoms with E-state index in [2.05, 4.69) is 10.5 Å². The van der Waals surface area contributed by atoms with E-state index in [9.17, 15) is 0 Å². The first-order valence-electron chi connectivity index (χ1n) is 6.23. The monoisotopic (exact) mass is 254 g/mol. The van der Waals surface area contributed by atoms with Gasteiger partial charge in [0.25, 0.3) is 0 Å². The summed E-state index contributed by atoms with van der Waals surface area (Å²) in [5, 5.41) is 4.21. The Bertz CT molecular complexity index is 395. The van der Waals surface area contributed by atoms with Crippen molar-refractivity contribution in [1.29, 1.82) is 0 Å². The average Bonchev–Trinajstić information content (AvgIpc) is 2.71. The predicted molar refractivity (Wildman–Crippen MR) is 68.0 cm³/mol. The molecule has 1 atom stereocenters. The van der Waals surface area contributed by atoms with Gasteiger partial charge in [0.1, 0.15) is 0 Å². The molecule has 2 rings (SSSR count). The van der Waals surface area contributed by atoms with Crippen molar-refractivity contribution in [3.8, 4) is 5.75 Å². The van der Waals surface area contributed by atoms with Gasteiger partial charge in [-0.15, -0.1) is 0 Å². The lowest BCUT2D eigenvalue weighted by Crippen LogP contribution is -2.44. The molecule has 6 heteroatoms. The number of ether oxygens (including phenoxy) is 2. The van der Waals surface area contributed by atoms with E-state index in [0.29, 0.717) is 0 Å². The topological polar surface area (TPSA) is 74.3 Å². The Morgan fingerprint density at radius 3 is 2.72 bits per heavy atom. The molecule has 1 fully saturated rings. The fourth-order valence-electron chi connectivity index (χ4n) is 2.65. The van der Waals surface area contributed by atoms with Crippen molar-refractivity contribution in [1.82, 2.24) is 15.2 Å². The van der Waals surface area contributed by atoms with Crippen molar-refractivity contribution in [2.24, 2.45) is 12.9 Å². The van der Waals surface area contributed by atoms with Gasteiger partial charge in [-0.25, -0.2) is 0 Å². The van der Waals surface area contributed by atoms with Crippen LogP contribution in [0.3, 0.4) is 0 Å².